The van der Waals surface area contributed by atoms with Crippen LogP contribution >= 0.6 is 0 Å². The fourth-order valence-corrected chi connectivity index (χ4v) is 2.21. The zero-order chi connectivity index (χ0) is 12.5. The van der Waals surface area contributed by atoms with Crippen molar-refractivity contribution in [2.24, 2.45) is 5.73 Å². The van der Waals surface area contributed by atoms with Gasteiger partial charge in [0.15, 0.2) is 0 Å². The molecule has 2 amide bonds. The number of anilines is 2. The third-order valence-electron chi connectivity index (χ3n) is 3.02. The number of nitrogens with two attached hydrogens (primary N) is 1. The minimum absolute atomic E-state index is 0.474. The molecule has 0 radical (unpaired) electrons. The highest BCUT2D eigenvalue weighted by Gasteiger charge is 2.21. The van der Waals surface area contributed by atoms with Crippen LogP contribution in [0.1, 0.15) is 11.1 Å². The van der Waals surface area contributed by atoms with E-state index in [-0.39, 0.29) is 0 Å². The van der Waals surface area contributed by atoms with Gasteiger partial charge in [0.2, 0.25) is 0 Å². The Hall–Kier alpha value is -2.55. The second-order valence-electron chi connectivity index (χ2n) is 4.12. The number of carbonyl (C=O) groups excluding carboxylic acids is 1. The normalized spacial score (nSPS) is 12.6. The summed E-state index contributed by atoms with van der Waals surface area (Å²) in [5, 5.41) is 0. The number of hydrogen-bond acceptors (Lipinski definition) is 1. The molecule has 1 aliphatic heterocycles. The standard InChI is InChI=1S/C15H12N2O/c16-15(18)17-13-7-3-1-5-11(13)9-10-12-6-2-4-8-14(12)17/h1-10H,(H2,16,18)/i1+1,3+1,5+1,7+1,11+1,13+1. The van der Waals surface area contributed by atoms with Crippen molar-refractivity contribution in [3.05, 3.63) is 59.7 Å². The van der Waals surface area contributed by atoms with Crippen LogP contribution < -0.4 is 10.6 Å². The first-order valence-electron chi connectivity index (χ1n) is 5.73. The van der Waals surface area contributed by atoms with Gasteiger partial charge < -0.3 is 5.73 Å². The van der Waals surface area contributed by atoms with Gasteiger partial charge in [-0.1, -0.05) is 48.6 Å². The van der Waals surface area contributed by atoms with Crippen LogP contribution in [-0.4, -0.2) is 6.03 Å². The summed E-state index contributed by atoms with van der Waals surface area (Å²) in [5.41, 5.74) is 9.11. The predicted octanol–water partition coefficient (Wildman–Crippen LogP) is 3.39. The van der Waals surface area contributed by atoms with Gasteiger partial charge in [0, 0.05) is 0 Å². The molecule has 0 fully saturated rings. The van der Waals surface area contributed by atoms with Gasteiger partial charge in [-0.3, -0.25) is 4.90 Å². The van der Waals surface area contributed by atoms with E-state index in [4.69, 9.17) is 5.73 Å². The van der Waals surface area contributed by atoms with Crippen molar-refractivity contribution >= 4 is 29.6 Å². The average molecular weight is 242 g/mol. The quantitative estimate of drug-likeness (QED) is 0.756. The molecule has 1 aliphatic rings. The molecule has 0 saturated carbocycles. The molecule has 0 spiro atoms. The van der Waals surface area contributed by atoms with Crippen molar-refractivity contribution in [2.45, 2.75) is 0 Å². The first-order chi connectivity index (χ1) is 8.77. The summed E-state index contributed by atoms with van der Waals surface area (Å²) < 4.78 is 0. The van der Waals surface area contributed by atoms with Crippen LogP contribution in [0.2, 0.25) is 0 Å². The van der Waals surface area contributed by atoms with Crippen LogP contribution in [0.15, 0.2) is 48.5 Å². The van der Waals surface area contributed by atoms with Gasteiger partial charge in [-0.05, 0) is 23.3 Å². The van der Waals surface area contributed by atoms with E-state index < -0.39 is 6.03 Å². The SMILES string of the molecule is NC(=O)N1c2ccccc2C=C[13c]2[13cH][13cH][13cH][13cH][13c]21. The maximum Gasteiger partial charge on any atom is 0.323 e. The van der Waals surface area contributed by atoms with Gasteiger partial charge in [-0.2, -0.15) is 0 Å². The summed E-state index contributed by atoms with van der Waals surface area (Å²) in [7, 11) is 0. The second kappa shape index (κ2) is 4.04. The number of benzene rings is 2. The van der Waals surface area contributed by atoms with E-state index in [1.807, 2.05) is 60.7 Å². The van der Waals surface area contributed by atoms with E-state index in [1.165, 1.54) is 0 Å². The van der Waals surface area contributed by atoms with Crippen LogP contribution in [-0.2, 0) is 0 Å². The molecule has 18 heavy (non-hydrogen) atoms. The van der Waals surface area contributed by atoms with Gasteiger partial charge in [0.1, 0.15) is 0 Å². The summed E-state index contributed by atoms with van der Waals surface area (Å²) in [5.74, 6) is 0. The lowest BCUT2D eigenvalue weighted by atomic mass is 10.1. The van der Waals surface area contributed by atoms with E-state index in [1.54, 1.807) is 4.90 Å². The van der Waals surface area contributed by atoms with Gasteiger partial charge in [0.25, 0.3) is 0 Å². The number of rotatable bonds is 0. The number of para-hydroxylation sites is 2. The Bertz CT molecular complexity index is 597. The second-order valence-corrected chi connectivity index (χ2v) is 4.12. The molecule has 3 heteroatoms. The van der Waals surface area contributed by atoms with Crippen LogP contribution in [0.4, 0.5) is 16.2 Å². The smallest absolute Gasteiger partial charge is 0.323 e. The zero-order valence-electron chi connectivity index (χ0n) is 9.71. The Labute approximate surface area is 105 Å². The molecule has 0 unspecified atom stereocenters. The summed E-state index contributed by atoms with van der Waals surface area (Å²) in [6.07, 6.45) is 3.99. The molecule has 0 aromatic heterocycles. The Kier molecular flexibility index (Phi) is 2.38. The van der Waals surface area contributed by atoms with Crippen molar-refractivity contribution in [1.29, 1.82) is 0 Å². The molecule has 0 aliphatic carbocycles. The van der Waals surface area contributed by atoms with Gasteiger partial charge in [-0.15, -0.1) is 0 Å². The van der Waals surface area contributed by atoms with E-state index >= 15 is 0 Å². The number of urea groups is 1. The largest absolute Gasteiger partial charge is 0.351 e. The van der Waals surface area contributed by atoms with Gasteiger partial charge >= 0.3 is 6.03 Å². The van der Waals surface area contributed by atoms with Crippen molar-refractivity contribution < 1.29 is 4.79 Å². The molecule has 0 bridgehead atoms. The Morgan fingerprint density at radius 3 is 1.72 bits per heavy atom. The Morgan fingerprint density at radius 2 is 1.28 bits per heavy atom. The number of carbonyl (C=O) groups is 1. The molecule has 0 atom stereocenters. The number of amides is 2. The molecule has 88 valence electrons. The maximum atomic E-state index is 11.8. The third-order valence-corrected chi connectivity index (χ3v) is 3.02. The van der Waals surface area contributed by atoms with E-state index in [2.05, 4.69) is 0 Å². The number of fused-ring (bicyclic) bond motifs is 2. The highest BCUT2D eigenvalue weighted by Crippen LogP contribution is 2.35. The van der Waals surface area contributed by atoms with Crippen molar-refractivity contribution in [2.75, 3.05) is 4.90 Å². The molecule has 0 saturated heterocycles. The Morgan fingerprint density at radius 1 is 0.833 bits per heavy atom. The van der Waals surface area contributed by atoms with Crippen LogP contribution in [0.25, 0.3) is 12.2 Å². The lowest BCUT2D eigenvalue weighted by Crippen LogP contribution is -2.32. The van der Waals surface area contributed by atoms with Crippen molar-refractivity contribution in [3.8, 4) is 0 Å². The molecule has 3 nitrogen and oxygen atoms in total. The van der Waals surface area contributed by atoms with Gasteiger partial charge in [0.05, 0.1) is 11.4 Å². The molecule has 1 heterocycles. The molecule has 3 rings (SSSR count). The van der Waals surface area contributed by atoms with Crippen LogP contribution in [0.3, 0.4) is 0 Å². The fourth-order valence-electron chi connectivity index (χ4n) is 2.21. The summed E-state index contributed by atoms with van der Waals surface area (Å²) in [4.78, 5) is 13.3. The molecule has 2 aromatic carbocycles. The average Bonchev–Trinajstić information content (AvgIpc) is 2.55. The molecular weight excluding hydrogens is 230 g/mol. The van der Waals surface area contributed by atoms with E-state index in [0.717, 1.165) is 22.5 Å². The van der Waals surface area contributed by atoms with Gasteiger partial charge in [-0.25, -0.2) is 4.79 Å². The van der Waals surface area contributed by atoms with Crippen molar-refractivity contribution in [1.82, 2.24) is 0 Å². The maximum absolute atomic E-state index is 11.8. The summed E-state index contributed by atoms with van der Waals surface area (Å²) in [6.45, 7) is 0. The van der Waals surface area contributed by atoms with Crippen LogP contribution in [0, 0.1) is 0 Å². The minimum atomic E-state index is -0.474. The summed E-state index contributed by atoms with van der Waals surface area (Å²) in [6, 6.07) is 14.9. The molecular formula is C15H12N2O. The monoisotopic (exact) mass is 242 g/mol. The molecule has 2 aromatic rings. The van der Waals surface area contributed by atoms with E-state index in [0.29, 0.717) is 0 Å². The van der Waals surface area contributed by atoms with Crippen molar-refractivity contribution in [3.63, 3.8) is 0 Å². The number of nitrogens with zero attached hydrogens (tertiary/aromatic N) is 1. The summed E-state index contributed by atoms with van der Waals surface area (Å²) >= 11 is 0. The predicted molar refractivity (Wildman–Crippen MR) is 73.5 cm³/mol. The third kappa shape index (κ3) is 1.57. The topological polar surface area (TPSA) is 46.3 Å². The first-order valence-corrected chi connectivity index (χ1v) is 5.73. The zero-order valence-corrected chi connectivity index (χ0v) is 9.71. The number of hydrogen-bond donors (Lipinski definition) is 1. The Balaban J connectivity index is 2.31. The van der Waals surface area contributed by atoms with E-state index in [9.17, 15) is 4.79 Å². The lowest BCUT2D eigenvalue weighted by Gasteiger charge is -2.22. The fraction of sp³-hybridized carbons (Fsp3) is 0. The minimum Gasteiger partial charge on any atom is -0.351 e. The highest BCUT2D eigenvalue weighted by atomic mass is 16.2. The van der Waals surface area contributed by atoms with Crippen LogP contribution in [0.5, 0.6) is 0 Å². The highest BCUT2D eigenvalue weighted by molar-refractivity contribution is 6.04. The first kappa shape index (κ1) is 10.6. The number of primary amides is 1. The lowest BCUT2D eigenvalue weighted by molar-refractivity contribution is 0.256. The molecule has 2 N–H and O–H groups in total.